The Hall–Kier alpha value is -2.89. The quantitative estimate of drug-likeness (QED) is 0.501. The minimum atomic E-state index is 0.254. The van der Waals surface area contributed by atoms with E-state index >= 15 is 0 Å². The van der Waals surface area contributed by atoms with Gasteiger partial charge in [0.2, 0.25) is 6.79 Å². The van der Waals surface area contributed by atoms with Crippen molar-refractivity contribution in [2.75, 3.05) is 25.3 Å². The summed E-state index contributed by atoms with van der Waals surface area (Å²) in [7, 11) is 0. The number of fused-ring (bicyclic) bond motifs is 1. The highest BCUT2D eigenvalue weighted by molar-refractivity contribution is 5.92. The van der Waals surface area contributed by atoms with Crippen LogP contribution in [0, 0.1) is 13.8 Å². The van der Waals surface area contributed by atoms with E-state index < -0.39 is 0 Å². The summed E-state index contributed by atoms with van der Waals surface area (Å²) < 4.78 is 16.2. The van der Waals surface area contributed by atoms with E-state index in [1.165, 1.54) is 11.1 Å². The van der Waals surface area contributed by atoms with Crippen molar-refractivity contribution >= 4 is 11.6 Å². The highest BCUT2D eigenvalue weighted by atomic mass is 16.7. The minimum Gasteiger partial charge on any atom is -0.492 e. The van der Waals surface area contributed by atoms with Crippen LogP contribution in [-0.4, -0.2) is 25.9 Å². The van der Waals surface area contributed by atoms with Crippen molar-refractivity contribution in [2.45, 2.75) is 13.8 Å². The van der Waals surface area contributed by atoms with Crippen molar-refractivity contribution in [2.24, 2.45) is 10.7 Å². The lowest BCUT2D eigenvalue weighted by molar-refractivity contribution is 0.174. The van der Waals surface area contributed by atoms with Crippen LogP contribution in [0.25, 0.3) is 0 Å². The molecule has 0 radical (unpaired) electrons. The van der Waals surface area contributed by atoms with Crippen molar-refractivity contribution in [3.8, 4) is 17.2 Å². The molecule has 0 saturated carbocycles. The van der Waals surface area contributed by atoms with E-state index in [0.717, 1.165) is 17.2 Å². The lowest BCUT2D eigenvalue weighted by Gasteiger charge is -2.09. The maximum atomic E-state index is 5.91. The van der Waals surface area contributed by atoms with Gasteiger partial charge in [-0.05, 0) is 49.2 Å². The van der Waals surface area contributed by atoms with E-state index in [4.69, 9.17) is 19.9 Å². The van der Waals surface area contributed by atoms with Crippen molar-refractivity contribution < 1.29 is 14.2 Å². The molecule has 0 fully saturated rings. The molecular weight excluding hydrogens is 306 g/mol. The second kappa shape index (κ2) is 7.12. The molecular formula is C18H21N3O3. The zero-order chi connectivity index (χ0) is 16.9. The molecule has 0 aromatic heterocycles. The molecule has 6 heteroatoms. The first-order valence-electron chi connectivity index (χ1n) is 7.78. The average Bonchev–Trinajstić information content (AvgIpc) is 2.98. The number of nitrogens with two attached hydrogens (primary N) is 1. The maximum absolute atomic E-state index is 5.91. The number of aryl methyl sites for hydroxylation is 2. The predicted octanol–water partition coefficient (Wildman–Crippen LogP) is 2.84. The Morgan fingerprint density at radius 2 is 1.88 bits per heavy atom. The Morgan fingerprint density at radius 1 is 1.12 bits per heavy atom. The number of guanidine groups is 1. The second-order valence-corrected chi connectivity index (χ2v) is 5.63. The van der Waals surface area contributed by atoms with Crippen LogP contribution >= 0.6 is 0 Å². The SMILES string of the molecule is Cc1cc(C)cc(NC(N)=NCCOc2ccc3c(c2)OCO3)c1. The molecule has 0 atom stereocenters. The number of hydrogen-bond acceptors (Lipinski definition) is 4. The molecule has 0 aliphatic carbocycles. The van der Waals surface area contributed by atoms with E-state index in [-0.39, 0.29) is 6.79 Å². The van der Waals surface area contributed by atoms with Gasteiger partial charge in [0.25, 0.3) is 0 Å². The summed E-state index contributed by atoms with van der Waals surface area (Å²) in [4.78, 5) is 4.27. The van der Waals surface area contributed by atoms with Crippen LogP contribution in [0.15, 0.2) is 41.4 Å². The molecule has 1 heterocycles. The summed E-state index contributed by atoms with van der Waals surface area (Å²) in [5.74, 6) is 2.53. The summed E-state index contributed by atoms with van der Waals surface area (Å²) in [6, 6.07) is 11.6. The summed E-state index contributed by atoms with van der Waals surface area (Å²) in [6.45, 7) is 5.23. The number of rotatable bonds is 5. The number of benzene rings is 2. The molecule has 0 bridgehead atoms. The number of nitrogens with one attached hydrogen (secondary N) is 1. The summed E-state index contributed by atoms with van der Waals surface area (Å²) >= 11 is 0. The van der Waals surface area contributed by atoms with E-state index in [9.17, 15) is 0 Å². The molecule has 126 valence electrons. The van der Waals surface area contributed by atoms with E-state index in [0.29, 0.717) is 24.9 Å². The number of ether oxygens (including phenoxy) is 3. The lowest BCUT2D eigenvalue weighted by atomic mass is 10.1. The number of anilines is 1. The van der Waals surface area contributed by atoms with Gasteiger partial charge in [0, 0.05) is 11.8 Å². The van der Waals surface area contributed by atoms with Crippen LogP contribution in [0.1, 0.15) is 11.1 Å². The highest BCUT2D eigenvalue weighted by Crippen LogP contribution is 2.34. The van der Waals surface area contributed by atoms with Gasteiger partial charge in [-0.25, -0.2) is 4.99 Å². The van der Waals surface area contributed by atoms with Gasteiger partial charge in [0.05, 0.1) is 6.54 Å². The number of nitrogens with zero attached hydrogens (tertiary/aromatic N) is 1. The maximum Gasteiger partial charge on any atom is 0.231 e. The normalized spacial score (nSPS) is 13.0. The summed E-state index contributed by atoms with van der Waals surface area (Å²) in [5.41, 5.74) is 9.20. The highest BCUT2D eigenvalue weighted by Gasteiger charge is 2.13. The monoisotopic (exact) mass is 327 g/mol. The Balaban J connectivity index is 1.49. The number of hydrogen-bond donors (Lipinski definition) is 2. The van der Waals surface area contributed by atoms with E-state index in [2.05, 4.69) is 16.4 Å². The fourth-order valence-corrected chi connectivity index (χ4v) is 2.53. The third kappa shape index (κ3) is 4.10. The van der Waals surface area contributed by atoms with Gasteiger partial charge in [-0.2, -0.15) is 0 Å². The second-order valence-electron chi connectivity index (χ2n) is 5.63. The fourth-order valence-electron chi connectivity index (χ4n) is 2.53. The van der Waals surface area contributed by atoms with Gasteiger partial charge >= 0.3 is 0 Å². The smallest absolute Gasteiger partial charge is 0.231 e. The molecule has 3 rings (SSSR count). The Morgan fingerprint density at radius 3 is 2.67 bits per heavy atom. The molecule has 2 aromatic carbocycles. The first-order chi connectivity index (χ1) is 11.6. The molecule has 1 aliphatic rings. The van der Waals surface area contributed by atoms with Crippen molar-refractivity contribution in [3.63, 3.8) is 0 Å². The molecule has 0 saturated heterocycles. The number of aliphatic imine (C=N–C) groups is 1. The van der Waals surface area contributed by atoms with Crippen molar-refractivity contribution in [1.29, 1.82) is 0 Å². The first-order valence-corrected chi connectivity index (χ1v) is 7.78. The van der Waals surface area contributed by atoms with Gasteiger partial charge in [0.1, 0.15) is 12.4 Å². The Kier molecular flexibility index (Phi) is 4.74. The van der Waals surface area contributed by atoms with Crippen LogP contribution < -0.4 is 25.3 Å². The molecule has 0 spiro atoms. The largest absolute Gasteiger partial charge is 0.492 e. The first kappa shape index (κ1) is 16.0. The Labute approximate surface area is 141 Å². The molecule has 2 aromatic rings. The van der Waals surface area contributed by atoms with E-state index in [1.807, 2.05) is 44.2 Å². The topological polar surface area (TPSA) is 78.1 Å². The zero-order valence-corrected chi connectivity index (χ0v) is 13.8. The molecule has 3 N–H and O–H groups in total. The van der Waals surface area contributed by atoms with E-state index in [1.54, 1.807) is 0 Å². The zero-order valence-electron chi connectivity index (χ0n) is 13.8. The third-order valence-corrected chi connectivity index (χ3v) is 3.48. The van der Waals surface area contributed by atoms with Crippen LogP contribution in [-0.2, 0) is 0 Å². The molecule has 0 unspecified atom stereocenters. The minimum absolute atomic E-state index is 0.254. The molecule has 6 nitrogen and oxygen atoms in total. The predicted molar refractivity (Wildman–Crippen MR) is 94.1 cm³/mol. The van der Waals surface area contributed by atoms with Crippen molar-refractivity contribution in [1.82, 2.24) is 0 Å². The summed E-state index contributed by atoms with van der Waals surface area (Å²) in [5, 5.41) is 3.09. The van der Waals surface area contributed by atoms with Crippen LogP contribution in [0.4, 0.5) is 5.69 Å². The Bertz CT molecular complexity index is 739. The lowest BCUT2D eigenvalue weighted by Crippen LogP contribution is -2.23. The van der Waals surface area contributed by atoms with Gasteiger partial charge in [-0.3, -0.25) is 0 Å². The standard InChI is InChI=1S/C18H21N3O3/c1-12-7-13(2)9-14(8-12)21-18(19)20-5-6-22-15-3-4-16-17(10-15)24-11-23-16/h3-4,7-10H,5-6,11H2,1-2H3,(H3,19,20,21). The van der Waals surface area contributed by atoms with Gasteiger partial charge in [-0.1, -0.05) is 6.07 Å². The van der Waals surface area contributed by atoms with Gasteiger partial charge in [0.15, 0.2) is 17.5 Å². The molecule has 24 heavy (non-hydrogen) atoms. The van der Waals surface area contributed by atoms with Crippen molar-refractivity contribution in [3.05, 3.63) is 47.5 Å². The van der Waals surface area contributed by atoms with Crippen LogP contribution in [0.2, 0.25) is 0 Å². The fraction of sp³-hybridized carbons (Fsp3) is 0.278. The summed E-state index contributed by atoms with van der Waals surface area (Å²) in [6.07, 6.45) is 0. The third-order valence-electron chi connectivity index (χ3n) is 3.48. The average molecular weight is 327 g/mol. The van der Waals surface area contributed by atoms with Crippen LogP contribution in [0.3, 0.4) is 0 Å². The van der Waals surface area contributed by atoms with Crippen LogP contribution in [0.5, 0.6) is 17.2 Å². The van der Waals surface area contributed by atoms with Gasteiger partial charge < -0.3 is 25.3 Å². The van der Waals surface area contributed by atoms with Gasteiger partial charge in [-0.15, -0.1) is 0 Å². The molecule has 1 aliphatic heterocycles. The molecule has 0 amide bonds.